The summed E-state index contributed by atoms with van der Waals surface area (Å²) in [6.07, 6.45) is 1.81. The second kappa shape index (κ2) is 4.89. The number of aromatic nitrogens is 1. The SMILES string of the molecule is O=C1COCCN1Cc1ccc(I)nc1. The van der Waals surface area contributed by atoms with Crippen molar-refractivity contribution in [3.05, 3.63) is 27.6 Å². The van der Waals surface area contributed by atoms with E-state index < -0.39 is 0 Å². The fourth-order valence-corrected chi connectivity index (χ4v) is 1.76. The van der Waals surface area contributed by atoms with E-state index in [4.69, 9.17) is 4.74 Å². The molecule has 1 saturated heterocycles. The highest BCUT2D eigenvalue weighted by Crippen LogP contribution is 2.08. The molecule has 2 heterocycles. The first-order valence-corrected chi connectivity index (χ1v) is 5.79. The number of halogens is 1. The molecule has 0 N–H and O–H groups in total. The highest BCUT2D eigenvalue weighted by atomic mass is 127. The van der Waals surface area contributed by atoms with E-state index in [0.29, 0.717) is 19.7 Å². The van der Waals surface area contributed by atoms with Crippen LogP contribution in [0.15, 0.2) is 18.3 Å². The lowest BCUT2D eigenvalue weighted by Gasteiger charge is -2.26. The molecule has 1 aromatic rings. The fraction of sp³-hybridized carbons (Fsp3) is 0.400. The Kier molecular flexibility index (Phi) is 3.53. The standard InChI is InChI=1S/C10H11IN2O2/c11-9-2-1-8(5-12-9)6-13-3-4-15-7-10(13)14/h1-2,5H,3-4,6-7H2. The van der Waals surface area contributed by atoms with Crippen LogP contribution in [-0.4, -0.2) is 35.5 Å². The van der Waals surface area contributed by atoms with Crippen molar-refractivity contribution in [1.82, 2.24) is 9.88 Å². The van der Waals surface area contributed by atoms with E-state index in [2.05, 4.69) is 27.6 Å². The van der Waals surface area contributed by atoms with Gasteiger partial charge in [-0.3, -0.25) is 4.79 Å². The minimum atomic E-state index is 0.0554. The first kappa shape index (κ1) is 10.8. The normalized spacial score (nSPS) is 16.9. The summed E-state index contributed by atoms with van der Waals surface area (Å²) < 4.78 is 6.02. The third-order valence-corrected chi connectivity index (χ3v) is 2.88. The van der Waals surface area contributed by atoms with E-state index >= 15 is 0 Å². The average Bonchev–Trinajstić information content (AvgIpc) is 2.25. The van der Waals surface area contributed by atoms with Crippen molar-refractivity contribution in [3.8, 4) is 0 Å². The van der Waals surface area contributed by atoms with E-state index in [1.807, 2.05) is 18.3 Å². The third kappa shape index (κ3) is 2.88. The van der Waals surface area contributed by atoms with Crippen LogP contribution in [0.25, 0.3) is 0 Å². The summed E-state index contributed by atoms with van der Waals surface area (Å²) in [7, 11) is 0. The number of carbonyl (C=O) groups is 1. The number of rotatable bonds is 2. The van der Waals surface area contributed by atoms with Crippen molar-refractivity contribution in [2.45, 2.75) is 6.54 Å². The van der Waals surface area contributed by atoms with Gasteiger partial charge in [0, 0.05) is 19.3 Å². The summed E-state index contributed by atoms with van der Waals surface area (Å²) in [4.78, 5) is 17.4. The molecular weight excluding hydrogens is 307 g/mol. The van der Waals surface area contributed by atoms with Gasteiger partial charge in [0.2, 0.25) is 5.91 Å². The Balaban J connectivity index is 2.01. The lowest BCUT2D eigenvalue weighted by atomic mass is 10.2. The topological polar surface area (TPSA) is 42.4 Å². The molecule has 0 bridgehead atoms. The van der Waals surface area contributed by atoms with Crippen LogP contribution < -0.4 is 0 Å². The summed E-state index contributed by atoms with van der Waals surface area (Å²) in [5.41, 5.74) is 1.06. The first-order chi connectivity index (χ1) is 7.25. The van der Waals surface area contributed by atoms with Gasteiger partial charge in [-0.1, -0.05) is 6.07 Å². The predicted octanol–water partition coefficient (Wildman–Crippen LogP) is 1.04. The molecule has 0 atom stereocenters. The summed E-state index contributed by atoms with van der Waals surface area (Å²) in [5.74, 6) is 0.0554. The molecule has 1 amide bonds. The van der Waals surface area contributed by atoms with E-state index in [-0.39, 0.29) is 12.5 Å². The van der Waals surface area contributed by atoms with Crippen LogP contribution in [-0.2, 0) is 16.1 Å². The van der Waals surface area contributed by atoms with Gasteiger partial charge in [-0.15, -0.1) is 0 Å². The highest BCUT2D eigenvalue weighted by Gasteiger charge is 2.18. The van der Waals surface area contributed by atoms with Gasteiger partial charge in [-0.05, 0) is 34.2 Å². The summed E-state index contributed by atoms with van der Waals surface area (Å²) in [6.45, 7) is 2.14. The number of ether oxygens (including phenoxy) is 1. The van der Waals surface area contributed by atoms with Gasteiger partial charge in [0.05, 0.1) is 6.61 Å². The number of pyridine rings is 1. The van der Waals surface area contributed by atoms with Crippen LogP contribution in [0.5, 0.6) is 0 Å². The highest BCUT2D eigenvalue weighted by molar-refractivity contribution is 14.1. The molecule has 1 fully saturated rings. The minimum absolute atomic E-state index is 0.0554. The number of hydrogen-bond acceptors (Lipinski definition) is 3. The summed E-state index contributed by atoms with van der Waals surface area (Å²) in [6, 6.07) is 3.94. The van der Waals surface area contributed by atoms with Crippen LogP contribution >= 0.6 is 22.6 Å². The molecule has 0 aliphatic carbocycles. The fourth-order valence-electron chi connectivity index (χ4n) is 1.44. The number of nitrogens with zero attached hydrogens (tertiary/aromatic N) is 2. The quantitative estimate of drug-likeness (QED) is 0.605. The molecule has 15 heavy (non-hydrogen) atoms. The zero-order chi connectivity index (χ0) is 10.7. The number of morpholine rings is 1. The second-order valence-corrected chi connectivity index (χ2v) is 4.46. The second-order valence-electron chi connectivity index (χ2n) is 3.36. The molecule has 2 rings (SSSR count). The van der Waals surface area contributed by atoms with E-state index in [9.17, 15) is 4.79 Å². The Labute approximate surface area is 102 Å². The molecule has 1 aliphatic rings. The molecule has 0 spiro atoms. The lowest BCUT2D eigenvalue weighted by Crippen LogP contribution is -2.40. The van der Waals surface area contributed by atoms with Crippen molar-refractivity contribution in [3.63, 3.8) is 0 Å². The number of hydrogen-bond donors (Lipinski definition) is 0. The van der Waals surface area contributed by atoms with Gasteiger partial charge < -0.3 is 9.64 Å². The Hall–Kier alpha value is -0.690. The Morgan fingerprint density at radius 1 is 1.53 bits per heavy atom. The maximum Gasteiger partial charge on any atom is 0.248 e. The minimum Gasteiger partial charge on any atom is -0.370 e. The van der Waals surface area contributed by atoms with Crippen LogP contribution in [0, 0.1) is 3.70 Å². The number of amides is 1. The predicted molar refractivity (Wildman–Crippen MR) is 63.2 cm³/mol. The van der Waals surface area contributed by atoms with E-state index in [1.54, 1.807) is 4.90 Å². The smallest absolute Gasteiger partial charge is 0.248 e. The van der Waals surface area contributed by atoms with E-state index in [1.165, 1.54) is 0 Å². The maximum absolute atomic E-state index is 11.4. The monoisotopic (exact) mass is 318 g/mol. The Bertz CT molecular complexity index is 353. The molecule has 1 aromatic heterocycles. The summed E-state index contributed by atoms with van der Waals surface area (Å²) in [5, 5.41) is 0. The maximum atomic E-state index is 11.4. The molecule has 0 unspecified atom stereocenters. The Morgan fingerprint density at radius 2 is 2.40 bits per heavy atom. The molecule has 0 saturated carbocycles. The molecule has 0 radical (unpaired) electrons. The summed E-state index contributed by atoms with van der Waals surface area (Å²) >= 11 is 2.16. The zero-order valence-corrected chi connectivity index (χ0v) is 10.3. The van der Waals surface area contributed by atoms with Crippen LogP contribution in [0.4, 0.5) is 0 Å². The molecular formula is C10H11IN2O2. The molecule has 0 aromatic carbocycles. The van der Waals surface area contributed by atoms with Crippen LogP contribution in [0.2, 0.25) is 0 Å². The first-order valence-electron chi connectivity index (χ1n) is 4.71. The van der Waals surface area contributed by atoms with Crippen LogP contribution in [0.3, 0.4) is 0 Å². The molecule has 5 heteroatoms. The van der Waals surface area contributed by atoms with Gasteiger partial charge in [0.25, 0.3) is 0 Å². The van der Waals surface area contributed by atoms with Gasteiger partial charge in [-0.2, -0.15) is 0 Å². The van der Waals surface area contributed by atoms with Gasteiger partial charge in [0.15, 0.2) is 0 Å². The average molecular weight is 318 g/mol. The van der Waals surface area contributed by atoms with Gasteiger partial charge in [-0.25, -0.2) is 4.98 Å². The van der Waals surface area contributed by atoms with Crippen molar-refractivity contribution >= 4 is 28.5 Å². The van der Waals surface area contributed by atoms with Crippen molar-refractivity contribution in [1.29, 1.82) is 0 Å². The molecule has 80 valence electrons. The van der Waals surface area contributed by atoms with Gasteiger partial charge in [0.1, 0.15) is 10.3 Å². The van der Waals surface area contributed by atoms with Crippen molar-refractivity contribution in [2.75, 3.05) is 19.8 Å². The third-order valence-electron chi connectivity index (χ3n) is 2.25. The molecule has 1 aliphatic heterocycles. The molecule has 4 nitrogen and oxygen atoms in total. The largest absolute Gasteiger partial charge is 0.370 e. The van der Waals surface area contributed by atoms with Crippen LogP contribution in [0.1, 0.15) is 5.56 Å². The van der Waals surface area contributed by atoms with E-state index in [0.717, 1.165) is 9.26 Å². The number of carbonyl (C=O) groups excluding carboxylic acids is 1. The van der Waals surface area contributed by atoms with Crippen molar-refractivity contribution in [2.24, 2.45) is 0 Å². The van der Waals surface area contributed by atoms with Crippen molar-refractivity contribution < 1.29 is 9.53 Å². The zero-order valence-electron chi connectivity index (χ0n) is 8.15. The lowest BCUT2D eigenvalue weighted by molar-refractivity contribution is -0.143. The Morgan fingerprint density at radius 3 is 3.07 bits per heavy atom. The van der Waals surface area contributed by atoms with Gasteiger partial charge >= 0.3 is 0 Å².